The predicted octanol–water partition coefficient (Wildman–Crippen LogP) is 2.84. The molecule has 4 N–H and O–H groups in total. The number of nitrogens with zero attached hydrogens (tertiary/aromatic N) is 1. The van der Waals surface area contributed by atoms with Gasteiger partial charge in [0.1, 0.15) is 5.37 Å². The van der Waals surface area contributed by atoms with Gasteiger partial charge in [-0.15, -0.1) is 8.78 Å². The Morgan fingerprint density at radius 1 is 1.05 bits per heavy atom. The third kappa shape index (κ3) is 9.10. The van der Waals surface area contributed by atoms with Crippen molar-refractivity contribution in [3.8, 4) is 11.5 Å². The minimum absolute atomic E-state index is 0.0101. The first-order valence-corrected chi connectivity index (χ1v) is 16.1. The van der Waals surface area contributed by atoms with Crippen molar-refractivity contribution in [3.63, 3.8) is 0 Å². The Kier molecular flexibility index (Phi) is 12.1. The molecule has 11 nitrogen and oxygen atoms in total. The molecule has 0 radical (unpaired) electrons. The fourth-order valence-electron chi connectivity index (χ4n) is 4.79. The van der Waals surface area contributed by atoms with Gasteiger partial charge >= 0.3 is 6.29 Å². The van der Waals surface area contributed by atoms with Crippen LogP contribution < -0.4 is 25.5 Å². The number of benzene rings is 2. The maximum absolute atomic E-state index is 13.7. The third-order valence-electron chi connectivity index (χ3n) is 7.30. The van der Waals surface area contributed by atoms with Gasteiger partial charge in [-0.1, -0.05) is 64.4 Å². The molecule has 1 unspecified atom stereocenters. The second-order valence-electron chi connectivity index (χ2n) is 11.3. The summed E-state index contributed by atoms with van der Waals surface area (Å²) in [6.07, 6.45) is -4.24. The van der Waals surface area contributed by atoms with Crippen molar-refractivity contribution < 1.29 is 41.4 Å². The molecule has 0 fully saturated rings. The summed E-state index contributed by atoms with van der Waals surface area (Å²) in [6.45, 7) is 6.81. The summed E-state index contributed by atoms with van der Waals surface area (Å²) in [5.74, 6) is -2.09. The zero-order valence-electron chi connectivity index (χ0n) is 25.5. The standard InChI is InChI=1S/C30H42F2N4O7S/c1-6-20(4)14-28(39)36(35-27(38)18-33-5)23(15-21-10-8-7-9-11-21)24(37)17-34-29(19(2)3)44(40,41)22-12-13-25-26(16-22)43-30(31,32)42-25/h7-13,16,19-20,23-24,29,33-34,37H,6,14-15,17-18H2,1-5H3,(H,35,38)/t20-,23-,24+,29?/m0/s1. The summed E-state index contributed by atoms with van der Waals surface area (Å²) >= 11 is 0. The normalized spacial score (nSPS) is 16.7. The van der Waals surface area contributed by atoms with E-state index < -0.39 is 57.1 Å². The van der Waals surface area contributed by atoms with Gasteiger partial charge in [-0.3, -0.25) is 20.3 Å². The number of nitrogens with one attached hydrogen (secondary N) is 3. The molecular formula is C30H42F2N4O7S. The molecule has 0 saturated heterocycles. The van der Waals surface area contributed by atoms with Crippen LogP contribution in [0.15, 0.2) is 53.4 Å². The van der Waals surface area contributed by atoms with Crippen molar-refractivity contribution >= 4 is 21.7 Å². The number of hydrogen-bond donors (Lipinski definition) is 4. The first-order chi connectivity index (χ1) is 20.7. The maximum atomic E-state index is 13.7. The second-order valence-corrected chi connectivity index (χ2v) is 13.3. The number of likely N-dealkylation sites (N-methyl/N-ethyl adjacent to an activating group) is 1. The van der Waals surface area contributed by atoms with Crippen molar-refractivity contribution in [2.75, 3.05) is 20.1 Å². The zero-order valence-corrected chi connectivity index (χ0v) is 26.4. The van der Waals surface area contributed by atoms with Crippen LogP contribution in [0.3, 0.4) is 0 Å². The first-order valence-electron chi connectivity index (χ1n) is 14.5. The summed E-state index contributed by atoms with van der Waals surface area (Å²) in [6, 6.07) is 11.3. The number of rotatable bonds is 15. The highest BCUT2D eigenvalue weighted by molar-refractivity contribution is 7.92. The van der Waals surface area contributed by atoms with Crippen LogP contribution in [-0.4, -0.2) is 74.3 Å². The number of carbonyl (C=O) groups is 2. The minimum Gasteiger partial charge on any atom is -0.395 e. The molecule has 14 heteroatoms. The van der Waals surface area contributed by atoms with Crippen LogP contribution >= 0.6 is 0 Å². The minimum atomic E-state index is -4.18. The van der Waals surface area contributed by atoms with Gasteiger partial charge in [0, 0.05) is 19.0 Å². The van der Waals surface area contributed by atoms with Crippen molar-refractivity contribution in [1.29, 1.82) is 0 Å². The first kappa shape index (κ1) is 35.2. The van der Waals surface area contributed by atoms with Crippen LogP contribution in [0.4, 0.5) is 8.78 Å². The summed E-state index contributed by atoms with van der Waals surface area (Å²) in [5, 5.41) is 17.1. The highest BCUT2D eigenvalue weighted by Gasteiger charge is 2.44. The van der Waals surface area contributed by atoms with Gasteiger partial charge in [-0.25, -0.2) is 13.4 Å². The molecule has 3 rings (SSSR count). The van der Waals surface area contributed by atoms with Crippen molar-refractivity contribution in [1.82, 2.24) is 21.1 Å². The van der Waals surface area contributed by atoms with E-state index >= 15 is 0 Å². The van der Waals surface area contributed by atoms with E-state index in [1.165, 1.54) is 0 Å². The van der Waals surface area contributed by atoms with E-state index in [4.69, 9.17) is 0 Å². The topological polar surface area (TPSA) is 146 Å². The number of hydrogen-bond acceptors (Lipinski definition) is 9. The number of alkyl halides is 2. The molecule has 2 aromatic carbocycles. The highest BCUT2D eigenvalue weighted by atomic mass is 32.2. The Bertz CT molecular complexity index is 1380. The molecule has 2 aromatic rings. The van der Waals surface area contributed by atoms with Gasteiger partial charge in [0.15, 0.2) is 21.3 Å². The predicted molar refractivity (Wildman–Crippen MR) is 159 cm³/mol. The Labute approximate surface area is 257 Å². The molecule has 4 atom stereocenters. The Morgan fingerprint density at radius 2 is 1.70 bits per heavy atom. The Morgan fingerprint density at radius 3 is 2.32 bits per heavy atom. The van der Waals surface area contributed by atoms with E-state index in [1.807, 2.05) is 44.2 Å². The lowest BCUT2D eigenvalue weighted by molar-refractivity contribution is -0.286. The number of halogens is 2. The second kappa shape index (κ2) is 15.1. The van der Waals surface area contributed by atoms with E-state index in [2.05, 4.69) is 25.5 Å². The van der Waals surface area contributed by atoms with Gasteiger partial charge in [-0.05, 0) is 43.0 Å². The number of aliphatic hydroxyl groups is 1. The quantitative estimate of drug-likeness (QED) is 0.216. The van der Waals surface area contributed by atoms with E-state index in [9.17, 15) is 31.9 Å². The fraction of sp³-hybridized carbons (Fsp3) is 0.533. The number of aliphatic hydroxyl groups excluding tert-OH is 1. The molecule has 1 aliphatic rings. The van der Waals surface area contributed by atoms with Crippen LogP contribution in [0.5, 0.6) is 11.5 Å². The number of ether oxygens (including phenoxy) is 2. The number of fused-ring (bicyclic) bond motifs is 1. The third-order valence-corrected chi connectivity index (χ3v) is 9.59. The molecule has 244 valence electrons. The lowest BCUT2D eigenvalue weighted by atomic mass is 9.98. The lowest BCUT2D eigenvalue weighted by Gasteiger charge is -2.36. The SMILES string of the molecule is CC[C@H](C)CC(=O)N(NC(=O)CNC)[C@@H](Cc1ccccc1)[C@H](O)CNC(C(C)C)S(=O)(=O)c1ccc2c(c1)OC(F)(F)O2. The van der Waals surface area contributed by atoms with Crippen LogP contribution in [-0.2, 0) is 25.8 Å². The van der Waals surface area contributed by atoms with Crippen LogP contribution in [0.2, 0.25) is 0 Å². The molecule has 1 heterocycles. The fourth-order valence-corrected chi connectivity index (χ4v) is 6.64. The molecular weight excluding hydrogens is 598 g/mol. The smallest absolute Gasteiger partial charge is 0.395 e. The number of amides is 2. The van der Waals surface area contributed by atoms with Crippen molar-refractivity contribution in [3.05, 3.63) is 54.1 Å². The lowest BCUT2D eigenvalue weighted by Crippen LogP contribution is -2.60. The van der Waals surface area contributed by atoms with Gasteiger partial charge in [0.2, 0.25) is 5.91 Å². The number of carbonyl (C=O) groups excluding carboxylic acids is 2. The van der Waals surface area contributed by atoms with Crippen molar-refractivity contribution in [2.45, 2.75) is 75.7 Å². The van der Waals surface area contributed by atoms with E-state index in [0.717, 1.165) is 35.2 Å². The van der Waals surface area contributed by atoms with Crippen LogP contribution in [0, 0.1) is 11.8 Å². The van der Waals surface area contributed by atoms with Crippen LogP contribution in [0.1, 0.15) is 46.1 Å². The molecule has 0 saturated carbocycles. The molecule has 2 amide bonds. The van der Waals surface area contributed by atoms with E-state index in [0.29, 0.717) is 0 Å². The van der Waals surface area contributed by atoms with Crippen molar-refractivity contribution in [2.24, 2.45) is 11.8 Å². The molecule has 44 heavy (non-hydrogen) atoms. The van der Waals surface area contributed by atoms with Crippen LogP contribution in [0.25, 0.3) is 0 Å². The zero-order chi connectivity index (χ0) is 32.7. The van der Waals surface area contributed by atoms with Gasteiger partial charge in [0.25, 0.3) is 5.91 Å². The number of sulfone groups is 1. The summed E-state index contributed by atoms with van der Waals surface area (Å²) in [4.78, 5) is 25.9. The van der Waals surface area contributed by atoms with Gasteiger partial charge in [-0.2, -0.15) is 0 Å². The van der Waals surface area contributed by atoms with E-state index in [-0.39, 0.29) is 42.5 Å². The monoisotopic (exact) mass is 640 g/mol. The molecule has 0 spiro atoms. The molecule has 1 aliphatic heterocycles. The molecule has 0 aromatic heterocycles. The summed E-state index contributed by atoms with van der Waals surface area (Å²) < 4.78 is 63.2. The highest BCUT2D eigenvalue weighted by Crippen LogP contribution is 2.42. The summed E-state index contributed by atoms with van der Waals surface area (Å²) in [5.41, 5.74) is 3.42. The largest absolute Gasteiger partial charge is 0.586 e. The van der Waals surface area contributed by atoms with E-state index in [1.54, 1.807) is 20.9 Å². The van der Waals surface area contributed by atoms with Gasteiger partial charge < -0.3 is 19.9 Å². The van der Waals surface area contributed by atoms with Gasteiger partial charge in [0.05, 0.1) is 23.6 Å². The molecule has 0 bridgehead atoms. The maximum Gasteiger partial charge on any atom is 0.586 e. The summed E-state index contributed by atoms with van der Waals surface area (Å²) in [7, 11) is -2.60. The Balaban J connectivity index is 1.90. The number of hydrazine groups is 1. The molecule has 0 aliphatic carbocycles. The Hall–Kier alpha value is -3.33. The average Bonchev–Trinajstić information content (AvgIpc) is 3.28. The average molecular weight is 641 g/mol.